The van der Waals surface area contributed by atoms with Crippen molar-refractivity contribution in [2.45, 2.75) is 58.6 Å². The largest absolute Gasteiger partial charge is 0.444 e. The summed E-state index contributed by atoms with van der Waals surface area (Å²) < 4.78 is 33.4. The highest BCUT2D eigenvalue weighted by Crippen LogP contribution is 2.35. The van der Waals surface area contributed by atoms with Gasteiger partial charge in [0.1, 0.15) is 11.4 Å². The highest BCUT2D eigenvalue weighted by molar-refractivity contribution is 7.92. The van der Waals surface area contributed by atoms with Gasteiger partial charge >= 0.3 is 6.09 Å². The molecule has 5 rings (SSSR count). The van der Waals surface area contributed by atoms with Crippen LogP contribution in [-0.2, 0) is 14.8 Å². The Morgan fingerprint density at radius 2 is 1.91 bits per heavy atom. The van der Waals surface area contributed by atoms with E-state index in [1.807, 2.05) is 40.0 Å². The third-order valence-corrected chi connectivity index (χ3v) is 8.25. The van der Waals surface area contributed by atoms with Gasteiger partial charge in [-0.25, -0.2) is 22.7 Å². The number of halogens is 1. The molecule has 1 atom stereocenters. The number of nitrogens with zero attached hydrogens (tertiary/aromatic N) is 5. The van der Waals surface area contributed by atoms with Crippen LogP contribution in [0.3, 0.4) is 0 Å². The summed E-state index contributed by atoms with van der Waals surface area (Å²) in [7, 11) is -3.61. The number of carbonyl (C=O) groups is 2. The number of fused-ring (bicyclic) bond motifs is 1. The number of anilines is 2. The quantitative estimate of drug-likeness (QED) is 0.392. The molecule has 3 aromatic rings. The third-order valence-electron chi connectivity index (χ3n) is 7.43. The number of aromatic nitrogens is 3. The summed E-state index contributed by atoms with van der Waals surface area (Å²) in [5.74, 6) is 0.840. The number of ether oxygens (including phenoxy) is 1. The number of likely N-dealkylation sites (tertiary alicyclic amines) is 1. The summed E-state index contributed by atoms with van der Waals surface area (Å²) in [4.78, 5) is 34.7. The average Bonchev–Trinajstić information content (AvgIpc) is 3.29. The Labute approximate surface area is 256 Å². The molecule has 0 bridgehead atoms. The van der Waals surface area contributed by atoms with E-state index in [9.17, 15) is 18.0 Å². The number of piperidine rings is 1. The van der Waals surface area contributed by atoms with Crippen LogP contribution in [0.1, 0.15) is 67.7 Å². The molecule has 2 N–H and O–H groups in total. The first-order valence-corrected chi connectivity index (χ1v) is 16.6. The monoisotopic (exact) mass is 631 g/mol. The third kappa shape index (κ3) is 7.32. The number of aryl methyl sites for hydroxylation is 1. The van der Waals surface area contributed by atoms with E-state index in [1.165, 1.54) is 12.1 Å². The molecule has 2 aliphatic heterocycles. The van der Waals surface area contributed by atoms with Gasteiger partial charge in [-0.05, 0) is 65.2 Å². The molecule has 43 heavy (non-hydrogen) atoms. The molecule has 0 radical (unpaired) electrons. The van der Waals surface area contributed by atoms with Gasteiger partial charge in [0.25, 0.3) is 5.91 Å². The number of carbonyl (C=O) groups excluding carboxylic acids is 2. The fraction of sp³-hybridized carbons (Fsp3) is 0.517. The van der Waals surface area contributed by atoms with Crippen LogP contribution in [0.4, 0.5) is 16.3 Å². The van der Waals surface area contributed by atoms with E-state index in [4.69, 9.17) is 26.4 Å². The van der Waals surface area contributed by atoms with E-state index < -0.39 is 21.7 Å². The van der Waals surface area contributed by atoms with Crippen LogP contribution in [0.25, 0.3) is 5.65 Å². The molecular weight excluding hydrogens is 594 g/mol. The lowest BCUT2D eigenvalue weighted by Crippen LogP contribution is -2.52. The second-order valence-electron chi connectivity index (χ2n) is 12.3. The smallest absolute Gasteiger partial charge is 0.407 e. The molecule has 14 heteroatoms. The maximum Gasteiger partial charge on any atom is 0.407 e. The van der Waals surface area contributed by atoms with E-state index in [2.05, 4.69) is 14.9 Å². The molecule has 4 heterocycles. The van der Waals surface area contributed by atoms with Gasteiger partial charge in [-0.15, -0.1) is 0 Å². The van der Waals surface area contributed by atoms with E-state index in [0.29, 0.717) is 29.7 Å². The van der Waals surface area contributed by atoms with Crippen molar-refractivity contribution in [3.05, 3.63) is 52.3 Å². The molecule has 0 aliphatic carbocycles. The van der Waals surface area contributed by atoms with E-state index in [1.54, 1.807) is 15.5 Å². The Morgan fingerprint density at radius 3 is 2.60 bits per heavy atom. The number of hydrogen-bond donors (Lipinski definition) is 2. The maximum atomic E-state index is 13.8. The predicted octanol–water partition coefficient (Wildman–Crippen LogP) is 4.39. The minimum atomic E-state index is -3.61. The second kappa shape index (κ2) is 11.8. The number of benzene rings is 1. The summed E-state index contributed by atoms with van der Waals surface area (Å²) in [6.45, 7) is 10.0. The SMILES string of the molecule is Cc1cn2nc(C3CCCCN3C(=O)c3cc(Cl)ccc3NS(C)(=O)=O)cc2nc1N1CC(CNC(=O)OC(C)(C)C)C1. The molecule has 2 saturated heterocycles. The maximum absolute atomic E-state index is 13.8. The van der Waals surface area contributed by atoms with Crippen molar-refractivity contribution in [2.75, 3.05) is 42.1 Å². The molecule has 2 fully saturated rings. The number of alkyl carbamates (subject to hydrolysis) is 1. The molecule has 232 valence electrons. The molecule has 0 saturated carbocycles. The van der Waals surface area contributed by atoms with Crippen LogP contribution in [0.5, 0.6) is 0 Å². The van der Waals surface area contributed by atoms with Gasteiger partial charge in [-0.1, -0.05) is 11.6 Å². The topological polar surface area (TPSA) is 138 Å². The van der Waals surface area contributed by atoms with Crippen molar-refractivity contribution in [1.29, 1.82) is 0 Å². The number of rotatable bonds is 7. The van der Waals surface area contributed by atoms with E-state index in [0.717, 1.165) is 55.7 Å². The highest BCUT2D eigenvalue weighted by atomic mass is 35.5. The first-order valence-electron chi connectivity index (χ1n) is 14.3. The summed E-state index contributed by atoms with van der Waals surface area (Å²) in [6, 6.07) is 6.15. The Morgan fingerprint density at radius 1 is 1.16 bits per heavy atom. The van der Waals surface area contributed by atoms with Gasteiger partial charge in [0, 0.05) is 54.9 Å². The van der Waals surface area contributed by atoms with Crippen LogP contribution in [0.15, 0.2) is 30.5 Å². The van der Waals surface area contributed by atoms with E-state index in [-0.39, 0.29) is 23.2 Å². The lowest BCUT2D eigenvalue weighted by atomic mass is 9.98. The van der Waals surface area contributed by atoms with Crippen molar-refractivity contribution < 1.29 is 22.7 Å². The standard InChI is InChI=1S/C29H38ClN7O5S/c1-18-15-37-25(32-26(18)35-16-19(17-35)14-31-28(39)42-29(2,3)4)13-23(33-37)24-8-6-7-11-36(24)27(38)21-12-20(30)9-10-22(21)34-43(5,40)41/h9-10,12-13,15,19,24,34H,6-8,11,14,16-17H2,1-5H3,(H,31,39). The summed E-state index contributed by atoms with van der Waals surface area (Å²) in [5, 5.41) is 7.98. The zero-order valence-corrected chi connectivity index (χ0v) is 26.6. The zero-order chi connectivity index (χ0) is 31.1. The zero-order valence-electron chi connectivity index (χ0n) is 25.1. The van der Waals surface area contributed by atoms with Crippen LogP contribution in [0.2, 0.25) is 5.02 Å². The highest BCUT2D eigenvalue weighted by Gasteiger charge is 2.33. The van der Waals surface area contributed by atoms with Crippen molar-refractivity contribution in [1.82, 2.24) is 24.8 Å². The van der Waals surface area contributed by atoms with Gasteiger partial charge < -0.3 is 19.9 Å². The second-order valence-corrected chi connectivity index (χ2v) is 14.5. The number of amides is 2. The average molecular weight is 632 g/mol. The number of hydrogen-bond acceptors (Lipinski definition) is 8. The van der Waals surface area contributed by atoms with Crippen molar-refractivity contribution >= 4 is 50.8 Å². The molecule has 2 aliphatic rings. The normalized spacial score (nSPS) is 18.0. The van der Waals surface area contributed by atoms with Crippen LogP contribution >= 0.6 is 11.6 Å². The van der Waals surface area contributed by atoms with Crippen LogP contribution in [-0.4, -0.2) is 78.0 Å². The molecule has 2 aromatic heterocycles. The fourth-order valence-corrected chi connectivity index (χ4v) is 6.28. The fourth-order valence-electron chi connectivity index (χ4n) is 5.53. The summed E-state index contributed by atoms with van der Waals surface area (Å²) in [5.41, 5.74) is 2.20. The predicted molar refractivity (Wildman–Crippen MR) is 165 cm³/mol. The van der Waals surface area contributed by atoms with Crippen LogP contribution in [0, 0.1) is 12.8 Å². The summed E-state index contributed by atoms with van der Waals surface area (Å²) >= 11 is 6.21. The Balaban J connectivity index is 1.32. The van der Waals surface area contributed by atoms with Gasteiger partial charge in [0.15, 0.2) is 5.65 Å². The number of sulfonamides is 1. The van der Waals surface area contributed by atoms with E-state index >= 15 is 0 Å². The molecule has 1 unspecified atom stereocenters. The lowest BCUT2D eigenvalue weighted by molar-refractivity contribution is 0.0515. The molecular formula is C29H38ClN7O5S. The Bertz CT molecular complexity index is 1650. The van der Waals surface area contributed by atoms with Gasteiger partial charge in [0.05, 0.1) is 29.2 Å². The first kappa shape index (κ1) is 30.9. The van der Waals surface area contributed by atoms with Crippen LogP contribution < -0.4 is 14.9 Å². The van der Waals surface area contributed by atoms with Gasteiger partial charge in [-0.2, -0.15) is 5.10 Å². The Kier molecular flexibility index (Phi) is 8.50. The Hall–Kier alpha value is -3.58. The lowest BCUT2D eigenvalue weighted by Gasteiger charge is -2.40. The van der Waals surface area contributed by atoms with Crippen molar-refractivity contribution in [3.8, 4) is 0 Å². The first-order chi connectivity index (χ1) is 20.2. The minimum absolute atomic E-state index is 0.187. The minimum Gasteiger partial charge on any atom is -0.444 e. The molecule has 12 nitrogen and oxygen atoms in total. The van der Waals surface area contributed by atoms with Crippen molar-refractivity contribution in [2.24, 2.45) is 5.92 Å². The molecule has 2 amide bonds. The van der Waals surface area contributed by atoms with Crippen molar-refractivity contribution in [3.63, 3.8) is 0 Å². The summed E-state index contributed by atoms with van der Waals surface area (Å²) in [6.07, 6.45) is 5.04. The molecule has 1 aromatic carbocycles. The van der Waals surface area contributed by atoms with Gasteiger partial charge in [0.2, 0.25) is 10.0 Å². The van der Waals surface area contributed by atoms with Gasteiger partial charge in [-0.3, -0.25) is 9.52 Å². The number of nitrogens with one attached hydrogen (secondary N) is 2. The molecule has 0 spiro atoms.